The minimum atomic E-state index is -0.260. The minimum Gasteiger partial charge on any atom is -0.427 e. The molecule has 0 radical (unpaired) electrons. The first-order valence-electron chi connectivity index (χ1n) is 11.4. The number of hydrogen-bond donors (Lipinski definition) is 1. The van der Waals surface area contributed by atoms with Crippen LogP contribution in [0.25, 0.3) is 16.9 Å². The lowest BCUT2D eigenvalue weighted by molar-refractivity contribution is -0.134. The Hall–Kier alpha value is -4.19. The Morgan fingerprint density at radius 2 is 1.56 bits per heavy atom. The third-order valence-electron chi connectivity index (χ3n) is 5.34. The predicted molar refractivity (Wildman–Crippen MR) is 133 cm³/mol. The first-order valence-corrected chi connectivity index (χ1v) is 11.4. The summed E-state index contributed by atoms with van der Waals surface area (Å²) in [5, 5.41) is 7.52. The van der Waals surface area contributed by atoms with E-state index < -0.39 is 0 Å². The molecular formula is C28H27N3O3. The Balaban J connectivity index is 1.44. The molecule has 4 rings (SSSR count). The number of aryl methyl sites for hydroxylation is 1. The van der Waals surface area contributed by atoms with Gasteiger partial charge in [-0.1, -0.05) is 55.5 Å². The number of rotatable bonds is 9. The van der Waals surface area contributed by atoms with E-state index in [4.69, 9.17) is 4.74 Å². The van der Waals surface area contributed by atoms with Crippen molar-refractivity contribution < 1.29 is 14.3 Å². The van der Waals surface area contributed by atoms with Gasteiger partial charge in [-0.05, 0) is 54.8 Å². The van der Waals surface area contributed by atoms with Gasteiger partial charge < -0.3 is 10.1 Å². The van der Waals surface area contributed by atoms with Gasteiger partial charge in [0.15, 0.2) is 0 Å². The minimum absolute atomic E-state index is 0.0952. The predicted octanol–water partition coefficient (Wildman–Crippen LogP) is 5.82. The van der Waals surface area contributed by atoms with Crippen LogP contribution >= 0.6 is 0 Å². The molecule has 0 unspecified atom stereocenters. The van der Waals surface area contributed by atoms with Crippen molar-refractivity contribution in [2.45, 2.75) is 32.6 Å². The van der Waals surface area contributed by atoms with E-state index in [2.05, 4.69) is 22.5 Å². The van der Waals surface area contributed by atoms with Gasteiger partial charge in [0, 0.05) is 24.1 Å². The number of carbonyl (C=O) groups excluding carboxylic acids is 2. The maximum absolute atomic E-state index is 12.6. The number of nitrogens with one attached hydrogen (secondary N) is 1. The van der Waals surface area contributed by atoms with E-state index in [1.165, 1.54) is 0 Å². The standard InChI is InChI=1S/C28H27N3O3/c1-2-9-27(33)34-25-17-15-23(16-18-25)30-26(32)19-14-22-20-29-31(24-12-7-4-8-13-24)28(22)21-10-5-3-6-11-21/h3-8,10-13,15-18,20H,2,9,14,19H2,1H3,(H,30,32). The van der Waals surface area contributed by atoms with E-state index in [-0.39, 0.29) is 11.9 Å². The van der Waals surface area contributed by atoms with Crippen molar-refractivity contribution in [1.29, 1.82) is 0 Å². The zero-order chi connectivity index (χ0) is 23.8. The number of amides is 1. The Kier molecular flexibility index (Phi) is 7.50. The summed E-state index contributed by atoms with van der Waals surface area (Å²) < 4.78 is 7.17. The van der Waals surface area contributed by atoms with Crippen LogP contribution in [0.15, 0.2) is 91.1 Å². The molecule has 1 heterocycles. The first kappa shape index (κ1) is 23.0. The molecule has 0 fully saturated rings. The normalized spacial score (nSPS) is 10.6. The summed E-state index contributed by atoms with van der Waals surface area (Å²) in [5.74, 6) is 0.115. The number of nitrogens with zero attached hydrogens (tertiary/aromatic N) is 2. The van der Waals surface area contributed by atoms with Gasteiger partial charge in [0.1, 0.15) is 5.75 Å². The van der Waals surface area contributed by atoms with Gasteiger partial charge >= 0.3 is 5.97 Å². The Morgan fingerprint density at radius 3 is 2.24 bits per heavy atom. The fourth-order valence-electron chi connectivity index (χ4n) is 3.70. The van der Waals surface area contributed by atoms with Crippen LogP contribution in [-0.4, -0.2) is 21.7 Å². The second kappa shape index (κ2) is 11.1. The SMILES string of the molecule is CCCC(=O)Oc1ccc(NC(=O)CCc2cnn(-c3ccccc3)c2-c2ccccc2)cc1. The van der Waals surface area contributed by atoms with Crippen molar-refractivity contribution in [2.24, 2.45) is 0 Å². The number of aromatic nitrogens is 2. The van der Waals surface area contributed by atoms with E-state index in [9.17, 15) is 9.59 Å². The van der Waals surface area contributed by atoms with Crippen LogP contribution in [0, 0.1) is 0 Å². The molecule has 34 heavy (non-hydrogen) atoms. The average Bonchev–Trinajstić information content (AvgIpc) is 3.29. The highest BCUT2D eigenvalue weighted by Gasteiger charge is 2.15. The summed E-state index contributed by atoms with van der Waals surface area (Å²) in [6.07, 6.45) is 3.82. The fourth-order valence-corrected chi connectivity index (χ4v) is 3.70. The molecule has 0 atom stereocenters. The molecule has 0 aliphatic carbocycles. The summed E-state index contributed by atoms with van der Waals surface area (Å²) in [4.78, 5) is 24.3. The summed E-state index contributed by atoms with van der Waals surface area (Å²) in [6, 6.07) is 26.9. The Morgan fingerprint density at radius 1 is 0.882 bits per heavy atom. The van der Waals surface area contributed by atoms with Crippen LogP contribution in [-0.2, 0) is 16.0 Å². The number of anilines is 1. The molecular weight excluding hydrogens is 426 g/mol. The number of esters is 1. The summed E-state index contributed by atoms with van der Waals surface area (Å²) >= 11 is 0. The molecule has 3 aromatic carbocycles. The third kappa shape index (κ3) is 5.78. The summed E-state index contributed by atoms with van der Waals surface area (Å²) in [6.45, 7) is 1.93. The summed E-state index contributed by atoms with van der Waals surface area (Å²) in [7, 11) is 0. The number of hydrogen-bond acceptors (Lipinski definition) is 4. The fraction of sp³-hybridized carbons (Fsp3) is 0.179. The zero-order valence-electron chi connectivity index (χ0n) is 19.1. The molecule has 6 nitrogen and oxygen atoms in total. The van der Waals surface area contributed by atoms with E-state index in [0.29, 0.717) is 30.7 Å². The molecule has 1 aromatic heterocycles. The maximum Gasteiger partial charge on any atom is 0.311 e. The van der Waals surface area contributed by atoms with Crippen molar-refractivity contribution in [3.63, 3.8) is 0 Å². The lowest BCUT2D eigenvalue weighted by Crippen LogP contribution is -2.12. The van der Waals surface area contributed by atoms with Gasteiger partial charge in [-0.25, -0.2) is 4.68 Å². The smallest absolute Gasteiger partial charge is 0.311 e. The lowest BCUT2D eigenvalue weighted by Gasteiger charge is -2.11. The van der Waals surface area contributed by atoms with Crippen molar-refractivity contribution >= 4 is 17.6 Å². The van der Waals surface area contributed by atoms with Gasteiger partial charge in [-0.2, -0.15) is 5.10 Å². The second-order valence-electron chi connectivity index (χ2n) is 7.93. The molecule has 6 heteroatoms. The van der Waals surface area contributed by atoms with E-state index in [1.54, 1.807) is 24.3 Å². The monoisotopic (exact) mass is 453 g/mol. The molecule has 4 aromatic rings. The molecule has 0 bridgehead atoms. The topological polar surface area (TPSA) is 73.2 Å². The van der Waals surface area contributed by atoms with Crippen molar-refractivity contribution in [3.8, 4) is 22.7 Å². The summed E-state index contributed by atoms with van der Waals surface area (Å²) in [5.41, 5.74) is 4.66. The van der Waals surface area contributed by atoms with Crippen LogP contribution in [0.4, 0.5) is 5.69 Å². The third-order valence-corrected chi connectivity index (χ3v) is 5.34. The van der Waals surface area contributed by atoms with Crippen LogP contribution in [0.2, 0.25) is 0 Å². The largest absolute Gasteiger partial charge is 0.427 e. The Bertz CT molecular complexity index is 1230. The van der Waals surface area contributed by atoms with E-state index in [1.807, 2.05) is 66.3 Å². The zero-order valence-corrected chi connectivity index (χ0v) is 19.1. The molecule has 0 saturated carbocycles. The van der Waals surface area contributed by atoms with E-state index >= 15 is 0 Å². The molecule has 0 aliphatic heterocycles. The number of benzene rings is 3. The van der Waals surface area contributed by atoms with Gasteiger partial charge in [0.25, 0.3) is 0 Å². The van der Waals surface area contributed by atoms with Gasteiger partial charge in [0.05, 0.1) is 17.6 Å². The molecule has 1 amide bonds. The quantitative estimate of drug-likeness (QED) is 0.256. The number of carbonyl (C=O) groups is 2. The highest BCUT2D eigenvalue weighted by Crippen LogP contribution is 2.27. The first-order chi connectivity index (χ1) is 16.6. The van der Waals surface area contributed by atoms with Gasteiger partial charge in [-0.3, -0.25) is 9.59 Å². The van der Waals surface area contributed by atoms with Crippen molar-refractivity contribution in [1.82, 2.24) is 9.78 Å². The average molecular weight is 454 g/mol. The number of para-hydroxylation sites is 1. The van der Waals surface area contributed by atoms with E-state index in [0.717, 1.165) is 28.9 Å². The van der Waals surface area contributed by atoms with Gasteiger partial charge in [0.2, 0.25) is 5.91 Å². The van der Waals surface area contributed by atoms with Crippen molar-refractivity contribution in [2.75, 3.05) is 5.32 Å². The van der Waals surface area contributed by atoms with Crippen LogP contribution in [0.5, 0.6) is 5.75 Å². The maximum atomic E-state index is 12.6. The highest BCUT2D eigenvalue weighted by molar-refractivity contribution is 5.91. The highest BCUT2D eigenvalue weighted by atomic mass is 16.5. The van der Waals surface area contributed by atoms with Crippen LogP contribution < -0.4 is 10.1 Å². The number of ether oxygens (including phenoxy) is 1. The molecule has 0 aliphatic rings. The molecule has 0 spiro atoms. The second-order valence-corrected chi connectivity index (χ2v) is 7.93. The molecule has 172 valence electrons. The van der Waals surface area contributed by atoms with Crippen LogP contribution in [0.3, 0.4) is 0 Å². The molecule has 0 saturated heterocycles. The lowest BCUT2D eigenvalue weighted by atomic mass is 10.0. The van der Waals surface area contributed by atoms with Crippen LogP contribution in [0.1, 0.15) is 31.7 Å². The molecule has 1 N–H and O–H groups in total. The van der Waals surface area contributed by atoms with Crippen molar-refractivity contribution in [3.05, 3.63) is 96.7 Å². The Labute approximate surface area is 199 Å². The van der Waals surface area contributed by atoms with Gasteiger partial charge in [-0.15, -0.1) is 0 Å².